The second-order valence-electron chi connectivity index (χ2n) is 8.62. The summed E-state index contributed by atoms with van der Waals surface area (Å²) in [7, 11) is 0. The Bertz CT molecular complexity index is 564. The average molecular weight is 435 g/mol. The van der Waals surface area contributed by atoms with E-state index in [1.54, 1.807) is 0 Å². The van der Waals surface area contributed by atoms with Crippen molar-refractivity contribution in [3.63, 3.8) is 0 Å². The van der Waals surface area contributed by atoms with E-state index in [2.05, 4.69) is 37.2 Å². The molecule has 2 fully saturated rings. The first-order chi connectivity index (χ1) is 11.4. The van der Waals surface area contributed by atoms with Gasteiger partial charge in [-0.3, -0.25) is 0 Å². The van der Waals surface area contributed by atoms with Crippen LogP contribution in [-0.4, -0.2) is 54.9 Å². The molecule has 2 aliphatic rings. The van der Waals surface area contributed by atoms with Crippen LogP contribution in [0.5, 0.6) is 0 Å². The molecular weight excluding hydrogens is 403 g/mol. The number of hydrogen-bond acceptors (Lipinski definition) is 2. The molecule has 1 aliphatic heterocycles. The van der Waals surface area contributed by atoms with E-state index in [1.165, 1.54) is 42.4 Å². The molecule has 1 amide bonds. The van der Waals surface area contributed by atoms with Crippen LogP contribution in [0.1, 0.15) is 42.5 Å². The normalized spacial score (nSPS) is 23.6. The Morgan fingerprint density at radius 1 is 1.17 bits per heavy atom. The zero-order valence-corrected chi connectivity index (χ0v) is 18.3. The molecule has 2 atom stereocenters. The third-order valence-corrected chi connectivity index (χ3v) is 11.6. The van der Waals surface area contributed by atoms with Gasteiger partial charge in [0.05, 0.1) is 0 Å². The van der Waals surface area contributed by atoms with E-state index in [4.69, 9.17) is 0 Å². The van der Waals surface area contributed by atoms with Crippen LogP contribution in [0.4, 0.5) is 0 Å². The van der Waals surface area contributed by atoms with Gasteiger partial charge in [-0.05, 0) is 25.2 Å². The Morgan fingerprint density at radius 2 is 1.92 bits per heavy atom. The molecule has 1 aliphatic carbocycles. The summed E-state index contributed by atoms with van der Waals surface area (Å²) in [5, 5.41) is 3.08. The molecule has 1 aromatic carbocycles. The fraction of sp³-hybridized carbons (Fsp3) is 0.650. The zero-order valence-electron chi connectivity index (χ0n) is 15.5. The Hall–Kier alpha value is -0.551. The second kappa shape index (κ2) is 7.77. The number of hydrogen-bond donors (Lipinski definition) is 1. The summed E-state index contributed by atoms with van der Waals surface area (Å²) < 4.78 is 1.47. The van der Waals surface area contributed by atoms with Crippen LogP contribution in [0.15, 0.2) is 24.3 Å². The van der Waals surface area contributed by atoms with Crippen LogP contribution in [0.3, 0.4) is 0 Å². The first-order valence-electron chi connectivity index (χ1n) is 9.56. The molecular formula is C20H32N2OSn. The Kier molecular flexibility index (Phi) is 5.91. The molecule has 0 unspecified atom stereocenters. The maximum atomic E-state index is 12.2. The Balaban J connectivity index is 1.35. The molecule has 0 radical (unpaired) electrons. The summed E-state index contributed by atoms with van der Waals surface area (Å²) in [5.41, 5.74) is 0.797. The predicted octanol–water partition coefficient (Wildman–Crippen LogP) is 3.23. The van der Waals surface area contributed by atoms with Gasteiger partial charge < -0.3 is 0 Å². The molecule has 3 rings (SSSR count). The van der Waals surface area contributed by atoms with Gasteiger partial charge in [0, 0.05) is 0 Å². The van der Waals surface area contributed by atoms with E-state index in [0.717, 1.165) is 30.5 Å². The molecule has 1 saturated carbocycles. The van der Waals surface area contributed by atoms with Gasteiger partial charge in [-0.15, -0.1) is 0 Å². The molecule has 0 spiro atoms. The molecule has 2 bridgehead atoms. The zero-order chi connectivity index (χ0) is 17.2. The third-order valence-electron chi connectivity index (χ3n) is 5.69. The summed E-state index contributed by atoms with van der Waals surface area (Å²) in [4.78, 5) is 22.1. The van der Waals surface area contributed by atoms with Crippen molar-refractivity contribution in [2.45, 2.75) is 53.0 Å². The van der Waals surface area contributed by atoms with Gasteiger partial charge in [-0.25, -0.2) is 0 Å². The number of nitrogens with one attached hydrogen (secondary N) is 1. The standard InChI is InChI=1S/C17H23N2O.3CH3.Sn/c20-17(15-6-2-1-3-7-15)18-10-4-5-11-19-13-14-8-9-16(19)12-14;;;;/h2-3,6-7,14,16H,4-5,8-13H2,(H,18,20);3*1H3;/t14-,16+;;;;/m1..../s1. The molecule has 1 aromatic rings. The van der Waals surface area contributed by atoms with Crippen LogP contribution >= 0.6 is 0 Å². The van der Waals surface area contributed by atoms with Crippen LogP contribution < -0.4 is 8.90 Å². The summed E-state index contributed by atoms with van der Waals surface area (Å²) in [5.74, 6) is 1.06. The van der Waals surface area contributed by atoms with E-state index in [-0.39, 0.29) is 5.91 Å². The number of carbonyl (C=O) groups excluding carboxylic acids is 1. The number of fused-ring (bicyclic) bond motifs is 2. The van der Waals surface area contributed by atoms with E-state index in [0.29, 0.717) is 0 Å². The minimum atomic E-state index is -2.01. The Labute approximate surface area is 151 Å². The summed E-state index contributed by atoms with van der Waals surface area (Å²) in [6, 6.07) is 9.18. The molecule has 24 heavy (non-hydrogen) atoms. The van der Waals surface area contributed by atoms with Crippen molar-refractivity contribution in [1.29, 1.82) is 0 Å². The van der Waals surface area contributed by atoms with Gasteiger partial charge >= 0.3 is 126 Å². The Morgan fingerprint density at radius 3 is 2.50 bits per heavy atom. The number of rotatable bonds is 7. The van der Waals surface area contributed by atoms with Crippen LogP contribution in [-0.2, 0) is 0 Å². The topological polar surface area (TPSA) is 32.3 Å². The van der Waals surface area contributed by atoms with Crippen molar-refractivity contribution in [3.05, 3.63) is 29.8 Å². The third kappa shape index (κ3) is 4.54. The summed E-state index contributed by atoms with van der Waals surface area (Å²) >= 11 is -2.01. The first kappa shape index (κ1) is 18.2. The van der Waals surface area contributed by atoms with Crippen LogP contribution in [0, 0.1) is 5.92 Å². The van der Waals surface area contributed by atoms with Gasteiger partial charge in [-0.2, -0.15) is 0 Å². The van der Waals surface area contributed by atoms with E-state index >= 15 is 0 Å². The number of piperidine rings is 1. The van der Waals surface area contributed by atoms with E-state index < -0.39 is 18.4 Å². The molecule has 3 nitrogen and oxygen atoms in total. The quantitative estimate of drug-likeness (QED) is 0.527. The summed E-state index contributed by atoms with van der Waals surface area (Å²) in [6.07, 6.45) is 6.58. The van der Waals surface area contributed by atoms with Crippen molar-refractivity contribution in [1.82, 2.24) is 10.2 Å². The second-order valence-corrected chi connectivity index (χ2v) is 23.1. The minimum absolute atomic E-state index is 0.0749. The number of likely N-dealkylation sites (tertiary alicyclic amines) is 1. The molecule has 1 heterocycles. The van der Waals surface area contributed by atoms with Crippen molar-refractivity contribution in [2.24, 2.45) is 5.92 Å². The fourth-order valence-electron chi connectivity index (χ4n) is 4.17. The van der Waals surface area contributed by atoms with Gasteiger partial charge in [-0.1, -0.05) is 0 Å². The number of unbranched alkanes of at least 4 members (excludes halogenated alkanes) is 1. The SMILES string of the molecule is [CH3][Sn]([CH3])([CH3])[c]1ccc(C(=O)NCCCCN2C[C@@H]3CC[C@H]2C3)cc1. The van der Waals surface area contributed by atoms with Crippen molar-refractivity contribution >= 4 is 27.9 Å². The van der Waals surface area contributed by atoms with E-state index in [1.807, 2.05) is 12.1 Å². The number of carbonyl (C=O) groups is 1. The number of nitrogens with zero attached hydrogens (tertiary/aromatic N) is 1. The van der Waals surface area contributed by atoms with Crippen LogP contribution in [0.2, 0.25) is 14.8 Å². The molecule has 0 aromatic heterocycles. The van der Waals surface area contributed by atoms with Crippen molar-refractivity contribution in [3.8, 4) is 0 Å². The number of benzene rings is 1. The van der Waals surface area contributed by atoms with E-state index in [9.17, 15) is 4.79 Å². The number of amides is 1. The monoisotopic (exact) mass is 436 g/mol. The maximum absolute atomic E-state index is 12.2. The van der Waals surface area contributed by atoms with Crippen molar-refractivity contribution < 1.29 is 4.79 Å². The fourth-order valence-corrected chi connectivity index (χ4v) is 7.50. The first-order valence-corrected chi connectivity index (χ1v) is 19.6. The average Bonchev–Trinajstić information content (AvgIpc) is 3.16. The molecule has 1 N–H and O–H groups in total. The molecule has 132 valence electrons. The summed E-state index contributed by atoms with van der Waals surface area (Å²) in [6.45, 7) is 3.33. The van der Waals surface area contributed by atoms with Gasteiger partial charge in [0.2, 0.25) is 0 Å². The van der Waals surface area contributed by atoms with Gasteiger partial charge in [0.15, 0.2) is 0 Å². The predicted molar refractivity (Wildman–Crippen MR) is 104 cm³/mol. The molecule has 4 heteroatoms. The van der Waals surface area contributed by atoms with Gasteiger partial charge in [0.1, 0.15) is 0 Å². The van der Waals surface area contributed by atoms with Gasteiger partial charge in [0.25, 0.3) is 0 Å². The molecule has 1 saturated heterocycles. The van der Waals surface area contributed by atoms with Crippen molar-refractivity contribution in [2.75, 3.05) is 19.6 Å². The van der Waals surface area contributed by atoms with Crippen LogP contribution in [0.25, 0.3) is 0 Å².